The molecule has 1 fully saturated rings. The quantitative estimate of drug-likeness (QED) is 0.326. The lowest BCUT2D eigenvalue weighted by atomic mass is 10.1. The van der Waals surface area contributed by atoms with Gasteiger partial charge in [0, 0.05) is 44.5 Å². The van der Waals surface area contributed by atoms with Crippen LogP contribution in [-0.4, -0.2) is 54.4 Å². The largest absolute Gasteiger partial charge is 0.369 e. The average Bonchev–Trinajstić information content (AvgIpc) is 2.73. The Hall–Kier alpha value is -3.04. The van der Waals surface area contributed by atoms with Crippen LogP contribution < -0.4 is 15.6 Å². The van der Waals surface area contributed by atoms with Gasteiger partial charge in [0.05, 0.1) is 16.7 Å². The Morgan fingerprint density at radius 1 is 1.21 bits per heavy atom. The first-order chi connectivity index (χ1) is 14.0. The lowest BCUT2D eigenvalue weighted by Gasteiger charge is -2.34. The van der Waals surface area contributed by atoms with E-state index in [0.717, 1.165) is 37.4 Å². The maximum absolute atomic E-state index is 11.4. The van der Waals surface area contributed by atoms with E-state index in [1.165, 1.54) is 12.3 Å². The van der Waals surface area contributed by atoms with Crippen molar-refractivity contribution in [2.45, 2.75) is 6.54 Å². The van der Waals surface area contributed by atoms with E-state index in [-0.39, 0.29) is 5.69 Å². The fourth-order valence-corrected chi connectivity index (χ4v) is 3.18. The highest BCUT2D eigenvalue weighted by Gasteiger charge is 2.18. The molecule has 0 aromatic heterocycles. The Labute approximate surface area is 175 Å². The summed E-state index contributed by atoms with van der Waals surface area (Å²) in [7, 11) is 2.09. The molecule has 0 radical (unpaired) electrons. The van der Waals surface area contributed by atoms with Crippen molar-refractivity contribution in [3.63, 3.8) is 0 Å². The second-order valence-electron chi connectivity index (χ2n) is 6.83. The smallest absolute Gasteiger partial charge is 0.278 e. The molecule has 1 heterocycles. The van der Waals surface area contributed by atoms with Crippen LogP contribution >= 0.6 is 12.2 Å². The van der Waals surface area contributed by atoms with Crippen molar-refractivity contribution in [2.75, 3.05) is 38.1 Å². The van der Waals surface area contributed by atoms with Gasteiger partial charge in [0.2, 0.25) is 0 Å². The number of likely N-dealkylation sites (N-methyl/N-ethyl adjacent to an activating group) is 1. The molecule has 9 heteroatoms. The first kappa shape index (κ1) is 20.7. The molecule has 3 rings (SSSR count). The van der Waals surface area contributed by atoms with Crippen LogP contribution in [-0.2, 0) is 6.54 Å². The summed E-state index contributed by atoms with van der Waals surface area (Å²) in [5.41, 5.74) is 5.21. The highest BCUT2D eigenvalue weighted by atomic mass is 32.1. The summed E-state index contributed by atoms with van der Waals surface area (Å²) in [6.07, 6.45) is 1.44. The number of nitro benzene ring substituents is 1. The maximum atomic E-state index is 11.4. The normalized spacial score (nSPS) is 14.7. The standard InChI is InChI=1S/C20H24N6O2S/c1-24-9-11-25(12-10-24)18-7-8-19(26(27)28)17(13-18)15-22-23-20(29)21-14-16-5-3-2-4-6-16/h2-8,13,15H,9-12,14H2,1H3,(H2,21,23,29)/b22-15+. The number of thiocarbonyl (C=S) groups is 1. The Bertz CT molecular complexity index is 882. The van der Waals surface area contributed by atoms with E-state index in [0.29, 0.717) is 17.2 Å². The molecule has 29 heavy (non-hydrogen) atoms. The second kappa shape index (κ2) is 9.94. The lowest BCUT2D eigenvalue weighted by molar-refractivity contribution is -0.385. The topological polar surface area (TPSA) is 86.0 Å². The van der Waals surface area contributed by atoms with Crippen molar-refractivity contribution >= 4 is 34.9 Å². The molecule has 1 aliphatic rings. The van der Waals surface area contributed by atoms with Crippen LogP contribution in [0.15, 0.2) is 53.6 Å². The van der Waals surface area contributed by atoms with Crippen LogP contribution in [0.5, 0.6) is 0 Å². The van der Waals surface area contributed by atoms with Gasteiger partial charge in [-0.25, -0.2) is 0 Å². The first-order valence-corrected chi connectivity index (χ1v) is 9.76. The molecule has 8 nitrogen and oxygen atoms in total. The van der Waals surface area contributed by atoms with Crippen molar-refractivity contribution in [3.05, 3.63) is 69.8 Å². The second-order valence-corrected chi connectivity index (χ2v) is 7.24. The number of rotatable bonds is 6. The van der Waals surface area contributed by atoms with Crippen LogP contribution in [0.4, 0.5) is 11.4 Å². The van der Waals surface area contributed by atoms with E-state index in [1.807, 2.05) is 30.3 Å². The molecule has 0 aliphatic carbocycles. The molecule has 0 atom stereocenters. The number of nitrogens with zero attached hydrogens (tertiary/aromatic N) is 4. The SMILES string of the molecule is CN1CCN(c2ccc([N+](=O)[O-])c(/C=N/NC(=S)NCc3ccccc3)c2)CC1. The number of nitro groups is 1. The van der Waals surface area contributed by atoms with Gasteiger partial charge in [-0.1, -0.05) is 30.3 Å². The summed E-state index contributed by atoms with van der Waals surface area (Å²) >= 11 is 5.21. The summed E-state index contributed by atoms with van der Waals surface area (Å²) in [6, 6.07) is 15.0. The third-order valence-electron chi connectivity index (χ3n) is 4.74. The van der Waals surface area contributed by atoms with Gasteiger partial charge in [0.15, 0.2) is 5.11 Å². The third kappa shape index (κ3) is 5.97. The fourth-order valence-electron chi connectivity index (χ4n) is 3.05. The van der Waals surface area contributed by atoms with E-state index in [2.05, 4.69) is 32.7 Å². The maximum Gasteiger partial charge on any atom is 0.278 e. The first-order valence-electron chi connectivity index (χ1n) is 9.35. The van der Waals surface area contributed by atoms with E-state index in [9.17, 15) is 10.1 Å². The third-order valence-corrected chi connectivity index (χ3v) is 4.98. The molecule has 152 valence electrons. The van der Waals surface area contributed by atoms with Gasteiger partial charge < -0.3 is 15.1 Å². The predicted octanol–water partition coefficient (Wildman–Crippen LogP) is 2.34. The van der Waals surface area contributed by atoms with E-state index in [4.69, 9.17) is 12.2 Å². The summed E-state index contributed by atoms with van der Waals surface area (Å²) < 4.78 is 0. The highest BCUT2D eigenvalue weighted by Crippen LogP contribution is 2.24. The Kier molecular flexibility index (Phi) is 7.09. The minimum absolute atomic E-state index is 0.0107. The number of hydrazone groups is 1. The van der Waals surface area contributed by atoms with Gasteiger partial charge in [0.1, 0.15) is 0 Å². The zero-order chi connectivity index (χ0) is 20.6. The Morgan fingerprint density at radius 3 is 2.62 bits per heavy atom. The number of hydrogen-bond acceptors (Lipinski definition) is 6. The zero-order valence-electron chi connectivity index (χ0n) is 16.2. The molecule has 0 saturated carbocycles. The van der Waals surface area contributed by atoms with Gasteiger partial charge in [0.25, 0.3) is 5.69 Å². The molecule has 0 amide bonds. The van der Waals surface area contributed by atoms with E-state index in [1.54, 1.807) is 12.1 Å². The molecule has 2 aromatic rings. The molecule has 1 aliphatic heterocycles. The summed E-state index contributed by atoms with van der Waals surface area (Å²) in [6.45, 7) is 4.27. The van der Waals surface area contributed by atoms with Gasteiger partial charge in [-0.3, -0.25) is 15.5 Å². The Balaban J connectivity index is 1.63. The number of nitrogens with one attached hydrogen (secondary N) is 2. The molecule has 2 aromatic carbocycles. The van der Waals surface area contributed by atoms with Crippen LogP contribution in [0.3, 0.4) is 0 Å². The summed E-state index contributed by atoms with van der Waals surface area (Å²) in [4.78, 5) is 15.5. The number of anilines is 1. The summed E-state index contributed by atoms with van der Waals surface area (Å²) in [5.74, 6) is 0. The van der Waals surface area contributed by atoms with E-state index >= 15 is 0 Å². The van der Waals surface area contributed by atoms with Gasteiger partial charge >= 0.3 is 0 Å². The van der Waals surface area contributed by atoms with Crippen molar-refractivity contribution in [1.29, 1.82) is 0 Å². The minimum Gasteiger partial charge on any atom is -0.369 e. The minimum atomic E-state index is -0.402. The van der Waals surface area contributed by atoms with Crippen molar-refractivity contribution in [1.82, 2.24) is 15.6 Å². The monoisotopic (exact) mass is 412 g/mol. The Morgan fingerprint density at radius 2 is 1.93 bits per heavy atom. The molecule has 0 unspecified atom stereocenters. The molecule has 0 spiro atoms. The van der Waals surface area contributed by atoms with Crippen molar-refractivity contribution < 1.29 is 4.92 Å². The summed E-state index contributed by atoms with van der Waals surface area (Å²) in [5, 5.41) is 18.9. The van der Waals surface area contributed by atoms with Crippen molar-refractivity contribution in [2.24, 2.45) is 5.10 Å². The molecular weight excluding hydrogens is 388 g/mol. The fraction of sp³-hybridized carbons (Fsp3) is 0.300. The predicted molar refractivity (Wildman–Crippen MR) is 119 cm³/mol. The number of benzene rings is 2. The van der Waals surface area contributed by atoms with Gasteiger partial charge in [-0.05, 0) is 37.0 Å². The molecular formula is C20H24N6O2S. The average molecular weight is 413 g/mol. The zero-order valence-corrected chi connectivity index (χ0v) is 17.1. The van der Waals surface area contributed by atoms with Crippen molar-refractivity contribution in [3.8, 4) is 0 Å². The van der Waals surface area contributed by atoms with Crippen LogP contribution in [0, 0.1) is 10.1 Å². The van der Waals surface area contributed by atoms with E-state index < -0.39 is 4.92 Å². The van der Waals surface area contributed by atoms with Gasteiger partial charge in [-0.15, -0.1) is 0 Å². The molecule has 2 N–H and O–H groups in total. The van der Waals surface area contributed by atoms with Crippen LogP contribution in [0.25, 0.3) is 0 Å². The molecule has 1 saturated heterocycles. The number of hydrogen-bond donors (Lipinski definition) is 2. The van der Waals surface area contributed by atoms with Crippen LogP contribution in [0.1, 0.15) is 11.1 Å². The van der Waals surface area contributed by atoms with Crippen LogP contribution in [0.2, 0.25) is 0 Å². The molecule has 0 bridgehead atoms. The highest BCUT2D eigenvalue weighted by molar-refractivity contribution is 7.80. The lowest BCUT2D eigenvalue weighted by Crippen LogP contribution is -2.44. The van der Waals surface area contributed by atoms with Gasteiger partial charge in [-0.2, -0.15) is 5.10 Å². The number of piperazine rings is 1.